The fraction of sp³-hybridized carbons (Fsp3) is 0.357. The van der Waals surface area contributed by atoms with E-state index >= 15 is 0 Å². The summed E-state index contributed by atoms with van der Waals surface area (Å²) < 4.78 is 0. The van der Waals surface area contributed by atoms with Crippen molar-refractivity contribution >= 4 is 23.3 Å². The van der Waals surface area contributed by atoms with E-state index in [0.717, 1.165) is 0 Å². The highest BCUT2D eigenvalue weighted by Crippen LogP contribution is 2.10. The van der Waals surface area contributed by atoms with Crippen LogP contribution in [0.4, 0.5) is 5.69 Å². The van der Waals surface area contributed by atoms with Crippen molar-refractivity contribution in [2.45, 2.75) is 20.8 Å². The molecule has 5 heteroatoms. The summed E-state index contributed by atoms with van der Waals surface area (Å²) in [4.78, 5) is 34.1. The number of carbonyl (C=O) groups is 3. The minimum absolute atomic E-state index is 0.0655. The molecular weight excluding hydrogens is 244 g/mol. The smallest absolute Gasteiger partial charge is 0.243 e. The zero-order valence-electron chi connectivity index (χ0n) is 11.3. The Kier molecular flexibility index (Phi) is 5.23. The van der Waals surface area contributed by atoms with Gasteiger partial charge in [0.1, 0.15) is 0 Å². The van der Waals surface area contributed by atoms with Gasteiger partial charge in [-0.05, 0) is 19.1 Å². The third-order valence-corrected chi connectivity index (χ3v) is 2.50. The first kappa shape index (κ1) is 14.9. The Morgan fingerprint density at radius 1 is 1.21 bits per heavy atom. The first-order valence-corrected chi connectivity index (χ1v) is 6.08. The van der Waals surface area contributed by atoms with Gasteiger partial charge in [-0.2, -0.15) is 0 Å². The number of hydrogen-bond acceptors (Lipinski definition) is 3. The predicted molar refractivity (Wildman–Crippen MR) is 72.9 cm³/mol. The van der Waals surface area contributed by atoms with Crippen LogP contribution < -0.4 is 10.6 Å². The summed E-state index contributed by atoms with van der Waals surface area (Å²) in [6.07, 6.45) is 0. The third-order valence-electron chi connectivity index (χ3n) is 2.50. The molecule has 0 fully saturated rings. The minimum Gasteiger partial charge on any atom is -0.347 e. The van der Waals surface area contributed by atoms with Crippen molar-refractivity contribution in [3.05, 3.63) is 29.8 Å². The van der Waals surface area contributed by atoms with Crippen molar-refractivity contribution in [1.29, 1.82) is 0 Å². The molecule has 5 nitrogen and oxygen atoms in total. The van der Waals surface area contributed by atoms with E-state index in [-0.39, 0.29) is 30.1 Å². The summed E-state index contributed by atoms with van der Waals surface area (Å²) in [5, 5.41) is 5.15. The molecule has 0 unspecified atom stereocenters. The van der Waals surface area contributed by atoms with Crippen molar-refractivity contribution in [1.82, 2.24) is 5.32 Å². The Hall–Kier alpha value is -2.17. The molecule has 0 atom stereocenters. The first-order valence-electron chi connectivity index (χ1n) is 6.08. The minimum atomic E-state index is -0.324. The Morgan fingerprint density at radius 2 is 1.89 bits per heavy atom. The lowest BCUT2D eigenvalue weighted by Crippen LogP contribution is -2.35. The van der Waals surface area contributed by atoms with Crippen molar-refractivity contribution in [3.8, 4) is 0 Å². The van der Waals surface area contributed by atoms with E-state index in [0.29, 0.717) is 11.3 Å². The number of Topliss-reactive ketones (excluding diaryl/α,β-unsaturated/α-hetero) is 1. The molecule has 0 aromatic heterocycles. The molecule has 0 aliphatic rings. The molecule has 1 aromatic rings. The number of benzene rings is 1. The van der Waals surface area contributed by atoms with Crippen molar-refractivity contribution in [2.75, 3.05) is 11.9 Å². The van der Waals surface area contributed by atoms with E-state index < -0.39 is 0 Å². The van der Waals surface area contributed by atoms with Gasteiger partial charge in [0.05, 0.1) is 6.54 Å². The summed E-state index contributed by atoms with van der Waals surface area (Å²) in [7, 11) is 0. The topological polar surface area (TPSA) is 75.3 Å². The van der Waals surface area contributed by atoms with Gasteiger partial charge in [0.25, 0.3) is 0 Å². The van der Waals surface area contributed by atoms with E-state index in [9.17, 15) is 14.4 Å². The average molecular weight is 262 g/mol. The molecule has 0 saturated heterocycles. The van der Waals surface area contributed by atoms with E-state index in [1.807, 2.05) is 0 Å². The molecule has 1 aromatic carbocycles. The maximum absolute atomic E-state index is 11.6. The molecule has 0 radical (unpaired) electrons. The molecule has 0 aliphatic heterocycles. The maximum Gasteiger partial charge on any atom is 0.243 e. The molecule has 19 heavy (non-hydrogen) atoms. The van der Waals surface area contributed by atoms with Crippen LogP contribution in [0.25, 0.3) is 0 Å². The summed E-state index contributed by atoms with van der Waals surface area (Å²) >= 11 is 0. The Bertz CT molecular complexity index is 495. The fourth-order valence-corrected chi connectivity index (χ4v) is 1.39. The molecule has 2 amide bonds. The molecule has 102 valence electrons. The van der Waals surface area contributed by atoms with Crippen LogP contribution in [-0.4, -0.2) is 24.1 Å². The normalized spacial score (nSPS) is 10.1. The number of hydrogen-bond donors (Lipinski definition) is 2. The highest BCUT2D eigenvalue weighted by Gasteiger charge is 2.09. The molecule has 2 N–H and O–H groups in total. The van der Waals surface area contributed by atoms with Gasteiger partial charge < -0.3 is 10.6 Å². The van der Waals surface area contributed by atoms with Crippen molar-refractivity contribution in [2.24, 2.45) is 5.92 Å². The van der Waals surface area contributed by atoms with Gasteiger partial charge in [-0.3, -0.25) is 14.4 Å². The number of amides is 2. The van der Waals surface area contributed by atoms with Crippen LogP contribution in [0.15, 0.2) is 24.3 Å². The van der Waals surface area contributed by atoms with Gasteiger partial charge in [-0.25, -0.2) is 0 Å². The quantitative estimate of drug-likeness (QED) is 0.791. The van der Waals surface area contributed by atoms with Crippen LogP contribution in [0.3, 0.4) is 0 Å². The fourth-order valence-electron chi connectivity index (χ4n) is 1.39. The summed E-state index contributed by atoms with van der Waals surface area (Å²) in [6.45, 7) is 4.89. The van der Waals surface area contributed by atoms with Gasteiger partial charge in [-0.15, -0.1) is 0 Å². The van der Waals surface area contributed by atoms with Gasteiger partial charge in [0.15, 0.2) is 5.78 Å². The second kappa shape index (κ2) is 6.68. The van der Waals surface area contributed by atoms with Gasteiger partial charge in [0, 0.05) is 17.2 Å². The lowest BCUT2D eigenvalue weighted by molar-refractivity contribution is -0.126. The summed E-state index contributed by atoms with van der Waals surface area (Å²) in [5.41, 5.74) is 1.07. The molecular formula is C14H18N2O3. The third kappa shape index (κ3) is 4.91. The second-order valence-corrected chi connectivity index (χ2v) is 4.56. The molecule has 0 bridgehead atoms. The lowest BCUT2D eigenvalue weighted by Gasteiger charge is -2.09. The summed E-state index contributed by atoms with van der Waals surface area (Å²) in [5.74, 6) is -0.722. The number of nitrogens with one attached hydrogen (secondary N) is 2. The number of rotatable bonds is 5. The highest BCUT2D eigenvalue weighted by atomic mass is 16.2. The molecule has 0 spiro atoms. The summed E-state index contributed by atoms with van der Waals surface area (Å²) in [6, 6.07) is 6.66. The molecule has 0 heterocycles. The number of carbonyl (C=O) groups excluding carboxylic acids is 3. The standard InChI is InChI=1S/C14H18N2O3/c1-9(2)14(19)15-8-13(18)16-12-6-4-5-11(7-12)10(3)17/h4-7,9H,8H2,1-3H3,(H,15,19)(H,16,18). The lowest BCUT2D eigenvalue weighted by atomic mass is 10.1. The highest BCUT2D eigenvalue weighted by molar-refractivity contribution is 5.98. The number of ketones is 1. The Morgan fingerprint density at radius 3 is 2.47 bits per heavy atom. The first-order chi connectivity index (χ1) is 8.90. The van der Waals surface area contributed by atoms with Gasteiger partial charge >= 0.3 is 0 Å². The zero-order valence-corrected chi connectivity index (χ0v) is 11.3. The largest absolute Gasteiger partial charge is 0.347 e. The SMILES string of the molecule is CC(=O)c1cccc(NC(=O)CNC(=O)C(C)C)c1. The van der Waals surface area contributed by atoms with Crippen LogP contribution in [-0.2, 0) is 9.59 Å². The average Bonchev–Trinajstić information content (AvgIpc) is 2.36. The Balaban J connectivity index is 2.55. The predicted octanol–water partition coefficient (Wildman–Crippen LogP) is 1.60. The Labute approximate surface area is 112 Å². The zero-order chi connectivity index (χ0) is 14.4. The van der Waals surface area contributed by atoms with Crippen LogP contribution in [0, 0.1) is 5.92 Å². The van der Waals surface area contributed by atoms with Crippen LogP contribution >= 0.6 is 0 Å². The molecule has 0 saturated carbocycles. The van der Waals surface area contributed by atoms with Crippen LogP contribution in [0.1, 0.15) is 31.1 Å². The van der Waals surface area contributed by atoms with Crippen LogP contribution in [0.2, 0.25) is 0 Å². The van der Waals surface area contributed by atoms with Crippen molar-refractivity contribution < 1.29 is 14.4 Å². The van der Waals surface area contributed by atoms with Gasteiger partial charge in [0.2, 0.25) is 11.8 Å². The van der Waals surface area contributed by atoms with Crippen LogP contribution in [0.5, 0.6) is 0 Å². The van der Waals surface area contributed by atoms with E-state index in [4.69, 9.17) is 0 Å². The van der Waals surface area contributed by atoms with Gasteiger partial charge in [-0.1, -0.05) is 26.0 Å². The number of anilines is 1. The van der Waals surface area contributed by atoms with Crippen molar-refractivity contribution in [3.63, 3.8) is 0 Å². The van der Waals surface area contributed by atoms with E-state index in [2.05, 4.69) is 10.6 Å². The monoisotopic (exact) mass is 262 g/mol. The second-order valence-electron chi connectivity index (χ2n) is 4.56. The van der Waals surface area contributed by atoms with E-state index in [1.54, 1.807) is 38.1 Å². The molecule has 1 rings (SSSR count). The molecule has 0 aliphatic carbocycles. The van der Waals surface area contributed by atoms with E-state index in [1.165, 1.54) is 6.92 Å². The maximum atomic E-state index is 11.6.